The first kappa shape index (κ1) is 17.2. The van der Waals surface area contributed by atoms with Crippen molar-refractivity contribution in [1.29, 1.82) is 0 Å². The SMILES string of the molecule is Cc1cc(CC(=O)N2CCN(C(=O)c3ccccn3)CC2)c(C)n1C. The third-order valence-electron chi connectivity index (χ3n) is 5.03. The van der Waals surface area contributed by atoms with Gasteiger partial charge in [-0.3, -0.25) is 14.6 Å². The third kappa shape index (κ3) is 3.57. The average molecular weight is 340 g/mol. The van der Waals surface area contributed by atoms with Gasteiger partial charge < -0.3 is 14.4 Å². The summed E-state index contributed by atoms with van der Waals surface area (Å²) in [5.74, 6) is 0.0564. The van der Waals surface area contributed by atoms with E-state index in [0.717, 1.165) is 17.0 Å². The summed E-state index contributed by atoms with van der Waals surface area (Å²) >= 11 is 0. The number of piperazine rings is 1. The van der Waals surface area contributed by atoms with Crippen molar-refractivity contribution in [1.82, 2.24) is 19.4 Å². The van der Waals surface area contributed by atoms with Gasteiger partial charge in [-0.2, -0.15) is 0 Å². The van der Waals surface area contributed by atoms with Gasteiger partial charge in [0.1, 0.15) is 5.69 Å². The molecule has 0 radical (unpaired) electrons. The van der Waals surface area contributed by atoms with E-state index in [1.807, 2.05) is 31.9 Å². The molecule has 1 aliphatic rings. The Hall–Kier alpha value is -2.63. The zero-order valence-electron chi connectivity index (χ0n) is 15.0. The van der Waals surface area contributed by atoms with Crippen LogP contribution < -0.4 is 0 Å². The maximum Gasteiger partial charge on any atom is 0.272 e. The number of hydrogen-bond acceptors (Lipinski definition) is 3. The van der Waals surface area contributed by atoms with Crippen molar-refractivity contribution in [2.45, 2.75) is 20.3 Å². The van der Waals surface area contributed by atoms with Crippen molar-refractivity contribution in [3.05, 3.63) is 53.1 Å². The molecule has 0 spiro atoms. The van der Waals surface area contributed by atoms with Crippen LogP contribution in [0.4, 0.5) is 0 Å². The molecule has 25 heavy (non-hydrogen) atoms. The van der Waals surface area contributed by atoms with Gasteiger partial charge in [-0.05, 0) is 37.6 Å². The minimum absolute atomic E-state index is 0.0674. The molecule has 0 bridgehead atoms. The van der Waals surface area contributed by atoms with Gasteiger partial charge in [-0.25, -0.2) is 0 Å². The minimum atomic E-state index is -0.0674. The van der Waals surface area contributed by atoms with Crippen LogP contribution in [0, 0.1) is 13.8 Å². The number of aryl methyl sites for hydroxylation is 1. The van der Waals surface area contributed by atoms with Gasteiger partial charge in [0.25, 0.3) is 5.91 Å². The Morgan fingerprint density at radius 3 is 2.32 bits per heavy atom. The second kappa shape index (κ2) is 7.09. The summed E-state index contributed by atoms with van der Waals surface area (Å²) in [7, 11) is 2.01. The fourth-order valence-corrected chi connectivity index (χ4v) is 3.20. The van der Waals surface area contributed by atoms with E-state index >= 15 is 0 Å². The van der Waals surface area contributed by atoms with Crippen LogP contribution in [0.3, 0.4) is 0 Å². The minimum Gasteiger partial charge on any atom is -0.352 e. The molecule has 1 fully saturated rings. The fourth-order valence-electron chi connectivity index (χ4n) is 3.20. The lowest BCUT2D eigenvalue weighted by molar-refractivity contribution is -0.131. The molecular weight excluding hydrogens is 316 g/mol. The highest BCUT2D eigenvalue weighted by Gasteiger charge is 2.25. The van der Waals surface area contributed by atoms with E-state index in [1.165, 1.54) is 0 Å². The quantitative estimate of drug-likeness (QED) is 0.852. The topological polar surface area (TPSA) is 58.4 Å². The number of nitrogens with zero attached hydrogens (tertiary/aromatic N) is 4. The third-order valence-corrected chi connectivity index (χ3v) is 5.03. The summed E-state index contributed by atoms with van der Waals surface area (Å²) in [6.45, 7) is 6.33. The van der Waals surface area contributed by atoms with Crippen LogP contribution in [0.1, 0.15) is 27.4 Å². The van der Waals surface area contributed by atoms with Gasteiger partial charge in [0.05, 0.1) is 6.42 Å². The van der Waals surface area contributed by atoms with Crippen LogP contribution in [0.25, 0.3) is 0 Å². The molecule has 2 aromatic heterocycles. The normalized spacial score (nSPS) is 14.7. The summed E-state index contributed by atoms with van der Waals surface area (Å²) < 4.78 is 2.10. The smallest absolute Gasteiger partial charge is 0.272 e. The number of hydrogen-bond donors (Lipinski definition) is 0. The van der Waals surface area contributed by atoms with Crippen molar-refractivity contribution >= 4 is 11.8 Å². The Balaban J connectivity index is 1.57. The van der Waals surface area contributed by atoms with E-state index in [-0.39, 0.29) is 11.8 Å². The van der Waals surface area contributed by atoms with Gasteiger partial charge in [-0.1, -0.05) is 6.07 Å². The van der Waals surface area contributed by atoms with Gasteiger partial charge >= 0.3 is 0 Å². The Bertz CT molecular complexity index is 774. The van der Waals surface area contributed by atoms with Crippen LogP contribution in [0.5, 0.6) is 0 Å². The highest BCUT2D eigenvalue weighted by Crippen LogP contribution is 2.16. The number of carbonyl (C=O) groups is 2. The molecule has 1 aliphatic heterocycles. The van der Waals surface area contributed by atoms with Crippen LogP contribution in [-0.4, -0.2) is 57.3 Å². The summed E-state index contributed by atoms with van der Waals surface area (Å²) in [5.41, 5.74) is 3.83. The van der Waals surface area contributed by atoms with Crippen molar-refractivity contribution in [2.24, 2.45) is 7.05 Å². The van der Waals surface area contributed by atoms with Crippen LogP contribution in [0.2, 0.25) is 0 Å². The molecule has 1 saturated heterocycles. The highest BCUT2D eigenvalue weighted by atomic mass is 16.2. The first-order chi connectivity index (χ1) is 12.0. The predicted octanol–water partition coefficient (Wildman–Crippen LogP) is 1.56. The highest BCUT2D eigenvalue weighted by molar-refractivity contribution is 5.92. The lowest BCUT2D eigenvalue weighted by Gasteiger charge is -2.34. The van der Waals surface area contributed by atoms with Crippen molar-refractivity contribution in [3.63, 3.8) is 0 Å². The Morgan fingerprint density at radius 1 is 1.08 bits per heavy atom. The lowest BCUT2D eigenvalue weighted by atomic mass is 10.1. The zero-order chi connectivity index (χ0) is 18.0. The van der Waals surface area contributed by atoms with Gasteiger partial charge in [0, 0.05) is 50.8 Å². The van der Waals surface area contributed by atoms with E-state index in [4.69, 9.17) is 0 Å². The van der Waals surface area contributed by atoms with Gasteiger partial charge in [0.2, 0.25) is 5.91 Å². The van der Waals surface area contributed by atoms with Crippen molar-refractivity contribution in [2.75, 3.05) is 26.2 Å². The molecule has 0 N–H and O–H groups in total. The maximum absolute atomic E-state index is 12.6. The molecule has 6 nitrogen and oxygen atoms in total. The lowest BCUT2D eigenvalue weighted by Crippen LogP contribution is -2.51. The van der Waals surface area contributed by atoms with Crippen molar-refractivity contribution < 1.29 is 9.59 Å². The Kier molecular flexibility index (Phi) is 4.88. The predicted molar refractivity (Wildman–Crippen MR) is 95.3 cm³/mol. The molecule has 0 unspecified atom stereocenters. The average Bonchev–Trinajstić information content (AvgIpc) is 2.88. The molecule has 0 aromatic carbocycles. The second-order valence-corrected chi connectivity index (χ2v) is 6.52. The summed E-state index contributed by atoms with van der Waals surface area (Å²) in [4.78, 5) is 32.7. The van der Waals surface area contributed by atoms with Crippen LogP contribution in [-0.2, 0) is 18.3 Å². The van der Waals surface area contributed by atoms with Gasteiger partial charge in [-0.15, -0.1) is 0 Å². The van der Waals surface area contributed by atoms with Crippen LogP contribution >= 0.6 is 0 Å². The zero-order valence-corrected chi connectivity index (χ0v) is 15.0. The first-order valence-corrected chi connectivity index (χ1v) is 8.57. The van der Waals surface area contributed by atoms with E-state index in [0.29, 0.717) is 38.3 Å². The number of carbonyl (C=O) groups excluding carboxylic acids is 2. The summed E-state index contributed by atoms with van der Waals surface area (Å²) in [6.07, 6.45) is 2.04. The van der Waals surface area contributed by atoms with Gasteiger partial charge in [0.15, 0.2) is 0 Å². The van der Waals surface area contributed by atoms with E-state index in [9.17, 15) is 9.59 Å². The molecular formula is C19H24N4O2. The van der Waals surface area contributed by atoms with Crippen LogP contribution in [0.15, 0.2) is 30.5 Å². The molecule has 3 rings (SSSR count). The molecule has 0 aliphatic carbocycles. The molecule has 6 heteroatoms. The molecule has 2 amide bonds. The maximum atomic E-state index is 12.6. The summed E-state index contributed by atoms with van der Waals surface area (Å²) in [6, 6.07) is 7.40. The molecule has 0 atom stereocenters. The van der Waals surface area contributed by atoms with E-state index in [1.54, 1.807) is 23.2 Å². The largest absolute Gasteiger partial charge is 0.352 e. The number of pyridine rings is 1. The number of amides is 2. The van der Waals surface area contributed by atoms with E-state index in [2.05, 4.69) is 15.6 Å². The first-order valence-electron chi connectivity index (χ1n) is 8.57. The number of rotatable bonds is 3. The number of aromatic nitrogens is 2. The van der Waals surface area contributed by atoms with E-state index < -0.39 is 0 Å². The molecule has 0 saturated carbocycles. The van der Waals surface area contributed by atoms with Crippen molar-refractivity contribution in [3.8, 4) is 0 Å². The monoisotopic (exact) mass is 340 g/mol. The Labute approximate surface area is 148 Å². The Morgan fingerprint density at radius 2 is 1.76 bits per heavy atom. The summed E-state index contributed by atoms with van der Waals surface area (Å²) in [5, 5.41) is 0. The molecule has 3 heterocycles. The second-order valence-electron chi connectivity index (χ2n) is 6.52. The fraction of sp³-hybridized carbons (Fsp3) is 0.421. The molecule has 2 aromatic rings. The molecule has 132 valence electrons. The standard InChI is InChI=1S/C19H24N4O2/c1-14-12-16(15(2)21(14)3)13-18(24)22-8-10-23(11-9-22)19(25)17-6-4-5-7-20-17/h4-7,12H,8-11,13H2,1-3H3.